The molecule has 0 spiro atoms. The zero-order valence-electron chi connectivity index (χ0n) is 7.44. The number of hydrogen-bond acceptors (Lipinski definition) is 3. The molecule has 0 aromatic carbocycles. The van der Waals surface area contributed by atoms with E-state index in [-0.39, 0.29) is 16.7 Å². The summed E-state index contributed by atoms with van der Waals surface area (Å²) in [5.41, 5.74) is 0.500. The predicted molar refractivity (Wildman–Crippen MR) is 53.8 cm³/mol. The summed E-state index contributed by atoms with van der Waals surface area (Å²) in [5, 5.41) is 8.88. The molecule has 2 aromatic rings. The first-order valence-electron chi connectivity index (χ1n) is 4.08. The Morgan fingerprint density at radius 1 is 1.47 bits per heavy atom. The molecule has 76 valence electrons. The van der Waals surface area contributed by atoms with E-state index in [9.17, 15) is 4.79 Å². The van der Waals surface area contributed by atoms with Crippen LogP contribution in [0.4, 0.5) is 0 Å². The van der Waals surface area contributed by atoms with E-state index in [0.717, 1.165) is 0 Å². The van der Waals surface area contributed by atoms with Gasteiger partial charge >= 0.3 is 5.97 Å². The maximum atomic E-state index is 10.7. The molecule has 15 heavy (non-hydrogen) atoms. The molecule has 2 heterocycles. The SMILES string of the molecule is O=C(O)c1cc(Cl)nc(-c2ccc[nH]2)n1. The molecule has 0 bridgehead atoms. The molecule has 0 saturated heterocycles. The highest BCUT2D eigenvalue weighted by atomic mass is 35.5. The van der Waals surface area contributed by atoms with Crippen LogP contribution in [0.3, 0.4) is 0 Å². The molecular formula is C9H6ClN3O2. The molecule has 0 amide bonds. The number of carbonyl (C=O) groups is 1. The highest BCUT2D eigenvalue weighted by Gasteiger charge is 2.10. The van der Waals surface area contributed by atoms with E-state index in [4.69, 9.17) is 16.7 Å². The Bertz CT molecular complexity index is 496. The fourth-order valence-corrected chi connectivity index (χ4v) is 1.30. The number of hydrogen-bond donors (Lipinski definition) is 2. The first kappa shape index (κ1) is 9.67. The molecule has 6 heteroatoms. The number of carboxylic acid groups (broad SMARTS) is 1. The average Bonchev–Trinajstić information content (AvgIpc) is 2.69. The van der Waals surface area contributed by atoms with Gasteiger partial charge in [-0.15, -0.1) is 0 Å². The third-order valence-corrected chi connectivity index (χ3v) is 1.95. The van der Waals surface area contributed by atoms with Crippen LogP contribution < -0.4 is 0 Å². The van der Waals surface area contributed by atoms with Crippen molar-refractivity contribution in [2.75, 3.05) is 0 Å². The van der Waals surface area contributed by atoms with Crippen molar-refractivity contribution in [2.24, 2.45) is 0 Å². The van der Waals surface area contributed by atoms with Gasteiger partial charge in [-0.3, -0.25) is 0 Å². The van der Waals surface area contributed by atoms with Crippen LogP contribution in [-0.2, 0) is 0 Å². The van der Waals surface area contributed by atoms with Crippen molar-refractivity contribution in [1.82, 2.24) is 15.0 Å². The van der Waals surface area contributed by atoms with E-state index in [1.165, 1.54) is 6.07 Å². The first-order chi connectivity index (χ1) is 7.16. The minimum absolute atomic E-state index is 0.104. The van der Waals surface area contributed by atoms with Crippen LogP contribution in [-0.4, -0.2) is 26.0 Å². The van der Waals surface area contributed by atoms with Gasteiger partial charge in [-0.2, -0.15) is 0 Å². The van der Waals surface area contributed by atoms with Crippen LogP contribution in [0.2, 0.25) is 5.15 Å². The van der Waals surface area contributed by atoms with Crippen LogP contribution in [0.15, 0.2) is 24.4 Å². The molecule has 5 nitrogen and oxygen atoms in total. The number of nitrogens with zero attached hydrogens (tertiary/aromatic N) is 2. The number of aromatic amines is 1. The van der Waals surface area contributed by atoms with Gasteiger partial charge in [0.2, 0.25) is 0 Å². The minimum Gasteiger partial charge on any atom is -0.477 e. The van der Waals surface area contributed by atoms with E-state index in [0.29, 0.717) is 5.69 Å². The van der Waals surface area contributed by atoms with Crippen molar-refractivity contribution in [3.05, 3.63) is 35.2 Å². The van der Waals surface area contributed by atoms with Gasteiger partial charge in [0.1, 0.15) is 5.15 Å². The third-order valence-electron chi connectivity index (χ3n) is 1.75. The van der Waals surface area contributed by atoms with Crippen molar-refractivity contribution < 1.29 is 9.90 Å². The average molecular weight is 224 g/mol. The van der Waals surface area contributed by atoms with E-state index >= 15 is 0 Å². The molecule has 0 radical (unpaired) electrons. The van der Waals surface area contributed by atoms with Crippen molar-refractivity contribution in [3.63, 3.8) is 0 Å². The zero-order chi connectivity index (χ0) is 10.8. The second kappa shape index (κ2) is 3.70. The molecule has 2 rings (SSSR count). The van der Waals surface area contributed by atoms with Crippen LogP contribution in [0.25, 0.3) is 11.5 Å². The molecule has 0 fully saturated rings. The Morgan fingerprint density at radius 2 is 2.27 bits per heavy atom. The quantitative estimate of drug-likeness (QED) is 0.762. The molecular weight excluding hydrogens is 218 g/mol. The fraction of sp³-hybridized carbons (Fsp3) is 0. The minimum atomic E-state index is -1.13. The van der Waals surface area contributed by atoms with Crippen LogP contribution in [0.5, 0.6) is 0 Å². The lowest BCUT2D eigenvalue weighted by Crippen LogP contribution is -2.03. The van der Waals surface area contributed by atoms with Gasteiger partial charge in [-0.1, -0.05) is 11.6 Å². The lowest BCUT2D eigenvalue weighted by Gasteiger charge is -1.99. The summed E-state index contributed by atoms with van der Waals surface area (Å²) in [5.74, 6) is -0.864. The number of nitrogens with one attached hydrogen (secondary N) is 1. The van der Waals surface area contributed by atoms with E-state index in [2.05, 4.69) is 15.0 Å². The van der Waals surface area contributed by atoms with Crippen molar-refractivity contribution in [3.8, 4) is 11.5 Å². The maximum absolute atomic E-state index is 10.7. The molecule has 2 aromatic heterocycles. The van der Waals surface area contributed by atoms with Gasteiger partial charge < -0.3 is 10.1 Å². The monoisotopic (exact) mass is 223 g/mol. The molecule has 0 unspecified atom stereocenters. The molecule has 2 N–H and O–H groups in total. The van der Waals surface area contributed by atoms with Gasteiger partial charge in [0, 0.05) is 12.3 Å². The predicted octanol–water partition coefficient (Wildman–Crippen LogP) is 1.82. The number of rotatable bonds is 2. The fourth-order valence-electron chi connectivity index (χ4n) is 1.12. The summed E-state index contributed by atoms with van der Waals surface area (Å²) < 4.78 is 0. The zero-order valence-corrected chi connectivity index (χ0v) is 8.19. The van der Waals surface area contributed by atoms with Crippen LogP contribution in [0, 0.1) is 0 Å². The molecule has 0 aliphatic rings. The summed E-state index contributed by atoms with van der Waals surface area (Å²) in [7, 11) is 0. The van der Waals surface area contributed by atoms with Gasteiger partial charge in [-0.25, -0.2) is 14.8 Å². The van der Waals surface area contributed by atoms with E-state index in [1.54, 1.807) is 18.3 Å². The standard InChI is InChI=1S/C9H6ClN3O2/c10-7-4-6(9(14)15)12-8(13-7)5-2-1-3-11-5/h1-4,11H,(H,14,15). The maximum Gasteiger partial charge on any atom is 0.354 e. The Hall–Kier alpha value is -1.88. The summed E-state index contributed by atoms with van der Waals surface area (Å²) in [6.45, 7) is 0. The smallest absolute Gasteiger partial charge is 0.354 e. The number of H-pyrrole nitrogens is 1. The van der Waals surface area contributed by atoms with Gasteiger partial charge in [0.15, 0.2) is 11.5 Å². The Morgan fingerprint density at radius 3 is 2.87 bits per heavy atom. The summed E-state index contributed by atoms with van der Waals surface area (Å²) in [4.78, 5) is 21.4. The summed E-state index contributed by atoms with van der Waals surface area (Å²) in [6, 6.07) is 4.70. The van der Waals surface area contributed by atoms with Crippen molar-refractivity contribution in [2.45, 2.75) is 0 Å². The Balaban J connectivity index is 2.54. The van der Waals surface area contributed by atoms with E-state index in [1.807, 2.05) is 0 Å². The van der Waals surface area contributed by atoms with Crippen molar-refractivity contribution >= 4 is 17.6 Å². The normalized spacial score (nSPS) is 10.2. The Labute approximate surface area is 89.8 Å². The topological polar surface area (TPSA) is 78.9 Å². The highest BCUT2D eigenvalue weighted by Crippen LogP contribution is 2.15. The number of aromatic carboxylic acids is 1. The largest absolute Gasteiger partial charge is 0.477 e. The highest BCUT2D eigenvalue weighted by molar-refractivity contribution is 6.29. The third kappa shape index (κ3) is 1.97. The summed E-state index contributed by atoms with van der Waals surface area (Å²) in [6.07, 6.45) is 1.69. The number of aromatic nitrogens is 3. The lowest BCUT2D eigenvalue weighted by molar-refractivity contribution is 0.0690. The van der Waals surface area contributed by atoms with Crippen LogP contribution in [0.1, 0.15) is 10.5 Å². The van der Waals surface area contributed by atoms with E-state index < -0.39 is 5.97 Å². The number of halogens is 1. The van der Waals surface area contributed by atoms with Crippen molar-refractivity contribution in [1.29, 1.82) is 0 Å². The second-order valence-electron chi connectivity index (χ2n) is 2.79. The van der Waals surface area contributed by atoms with Gasteiger partial charge in [-0.05, 0) is 12.1 Å². The molecule has 0 atom stereocenters. The first-order valence-corrected chi connectivity index (χ1v) is 4.46. The second-order valence-corrected chi connectivity index (χ2v) is 3.18. The van der Waals surface area contributed by atoms with Crippen LogP contribution >= 0.6 is 11.6 Å². The lowest BCUT2D eigenvalue weighted by atomic mass is 10.3. The molecule has 0 aliphatic carbocycles. The Kier molecular flexibility index (Phi) is 2.39. The molecule has 0 saturated carbocycles. The summed E-state index contributed by atoms with van der Waals surface area (Å²) >= 11 is 5.68. The van der Waals surface area contributed by atoms with Gasteiger partial charge in [0.25, 0.3) is 0 Å². The number of carboxylic acids is 1. The molecule has 0 aliphatic heterocycles. The van der Waals surface area contributed by atoms with Gasteiger partial charge in [0.05, 0.1) is 5.69 Å².